The molecule has 1 unspecified atom stereocenters. The molecule has 0 aliphatic heterocycles. The summed E-state index contributed by atoms with van der Waals surface area (Å²) in [6, 6.07) is 14.5. The van der Waals surface area contributed by atoms with E-state index >= 15 is 0 Å². The van der Waals surface area contributed by atoms with Gasteiger partial charge < -0.3 is 5.73 Å². The quantitative estimate of drug-likeness (QED) is 0.911. The molecule has 0 spiro atoms. The van der Waals surface area contributed by atoms with Crippen LogP contribution in [0.3, 0.4) is 0 Å². The van der Waals surface area contributed by atoms with Gasteiger partial charge in [0.05, 0.1) is 0 Å². The highest BCUT2D eigenvalue weighted by Gasteiger charge is 2.21. The lowest BCUT2D eigenvalue weighted by molar-refractivity contribution is 0.490. The van der Waals surface area contributed by atoms with Gasteiger partial charge >= 0.3 is 0 Å². The van der Waals surface area contributed by atoms with Gasteiger partial charge in [0.2, 0.25) is 0 Å². The molecule has 1 nitrogen and oxygen atoms in total. The summed E-state index contributed by atoms with van der Waals surface area (Å²) in [6.45, 7) is 1.99. The SMILES string of the molecule is CC(N)(Cc1ccc(F)cc1)c1ccc(Br)cc1. The minimum atomic E-state index is -0.460. The zero-order valence-corrected chi connectivity index (χ0v) is 11.7. The van der Waals surface area contributed by atoms with Crippen LogP contribution in [0.2, 0.25) is 0 Å². The molecule has 1 atom stereocenters. The molecule has 18 heavy (non-hydrogen) atoms. The molecule has 0 fully saturated rings. The zero-order valence-electron chi connectivity index (χ0n) is 10.2. The molecule has 3 heteroatoms. The monoisotopic (exact) mass is 307 g/mol. The van der Waals surface area contributed by atoms with E-state index in [1.54, 1.807) is 12.1 Å². The van der Waals surface area contributed by atoms with Gasteiger partial charge in [-0.05, 0) is 48.7 Å². The number of hydrogen-bond acceptors (Lipinski definition) is 1. The zero-order chi connectivity index (χ0) is 13.2. The summed E-state index contributed by atoms with van der Waals surface area (Å²) in [5.41, 5.74) is 7.99. The van der Waals surface area contributed by atoms with Crippen LogP contribution in [0.4, 0.5) is 4.39 Å². The third-order valence-corrected chi connectivity index (χ3v) is 3.52. The molecule has 0 aliphatic carbocycles. The van der Waals surface area contributed by atoms with Gasteiger partial charge in [-0.2, -0.15) is 0 Å². The molecule has 94 valence electrons. The van der Waals surface area contributed by atoms with E-state index in [-0.39, 0.29) is 5.82 Å². The average molecular weight is 308 g/mol. The van der Waals surface area contributed by atoms with E-state index in [9.17, 15) is 4.39 Å². The Morgan fingerprint density at radius 3 is 2.17 bits per heavy atom. The van der Waals surface area contributed by atoms with Gasteiger partial charge in [-0.3, -0.25) is 0 Å². The highest BCUT2D eigenvalue weighted by atomic mass is 79.9. The molecular formula is C15H15BrFN. The molecule has 2 rings (SSSR count). The van der Waals surface area contributed by atoms with Crippen molar-refractivity contribution in [3.63, 3.8) is 0 Å². The molecule has 0 bridgehead atoms. The second kappa shape index (κ2) is 5.21. The molecule has 0 radical (unpaired) electrons. The lowest BCUT2D eigenvalue weighted by Gasteiger charge is -2.25. The van der Waals surface area contributed by atoms with Gasteiger partial charge in [-0.1, -0.05) is 40.2 Å². The van der Waals surface area contributed by atoms with E-state index in [4.69, 9.17) is 5.73 Å². The van der Waals surface area contributed by atoms with Gasteiger partial charge in [0.25, 0.3) is 0 Å². The van der Waals surface area contributed by atoms with Crippen LogP contribution in [0.15, 0.2) is 53.0 Å². The highest BCUT2D eigenvalue weighted by molar-refractivity contribution is 9.10. The lowest BCUT2D eigenvalue weighted by atomic mass is 9.87. The Kier molecular flexibility index (Phi) is 3.83. The van der Waals surface area contributed by atoms with Crippen molar-refractivity contribution in [2.24, 2.45) is 5.73 Å². The summed E-state index contributed by atoms with van der Waals surface area (Å²) in [7, 11) is 0. The second-order valence-corrected chi connectivity index (χ2v) is 5.64. The predicted octanol–water partition coefficient (Wildman–Crippen LogP) is 4.00. The maximum absolute atomic E-state index is 12.9. The van der Waals surface area contributed by atoms with E-state index in [2.05, 4.69) is 15.9 Å². The van der Waals surface area contributed by atoms with Crippen molar-refractivity contribution in [3.8, 4) is 0 Å². The van der Waals surface area contributed by atoms with Crippen molar-refractivity contribution in [2.75, 3.05) is 0 Å². The van der Waals surface area contributed by atoms with E-state index in [1.807, 2.05) is 31.2 Å². The minimum Gasteiger partial charge on any atom is -0.321 e. The average Bonchev–Trinajstić information content (AvgIpc) is 2.32. The van der Waals surface area contributed by atoms with Gasteiger partial charge in [0.1, 0.15) is 5.82 Å². The summed E-state index contributed by atoms with van der Waals surface area (Å²) in [6.07, 6.45) is 0.676. The van der Waals surface area contributed by atoms with Crippen LogP contribution in [-0.2, 0) is 12.0 Å². The number of hydrogen-bond donors (Lipinski definition) is 1. The van der Waals surface area contributed by atoms with Crippen molar-refractivity contribution in [3.05, 3.63) is 69.9 Å². The van der Waals surface area contributed by atoms with E-state index in [0.29, 0.717) is 6.42 Å². The Labute approximate surface area is 115 Å². The molecule has 0 amide bonds. The molecule has 0 aliphatic rings. The summed E-state index contributed by atoms with van der Waals surface area (Å²) in [5.74, 6) is -0.221. The Hall–Kier alpha value is -1.19. The van der Waals surface area contributed by atoms with Crippen LogP contribution in [0.25, 0.3) is 0 Å². The van der Waals surface area contributed by atoms with Gasteiger partial charge in [-0.15, -0.1) is 0 Å². The molecule has 2 aromatic carbocycles. The summed E-state index contributed by atoms with van der Waals surface area (Å²) in [4.78, 5) is 0. The maximum atomic E-state index is 12.9. The highest BCUT2D eigenvalue weighted by Crippen LogP contribution is 2.24. The molecule has 0 saturated carbocycles. The minimum absolute atomic E-state index is 0.221. The van der Waals surface area contributed by atoms with Crippen molar-refractivity contribution in [1.29, 1.82) is 0 Å². The first-order chi connectivity index (χ1) is 8.47. The predicted molar refractivity (Wildman–Crippen MR) is 75.8 cm³/mol. The third kappa shape index (κ3) is 3.18. The van der Waals surface area contributed by atoms with E-state index < -0.39 is 5.54 Å². The van der Waals surface area contributed by atoms with Crippen LogP contribution >= 0.6 is 15.9 Å². The number of nitrogens with two attached hydrogens (primary N) is 1. The summed E-state index contributed by atoms with van der Waals surface area (Å²) in [5, 5.41) is 0. The van der Waals surface area contributed by atoms with E-state index in [1.165, 1.54) is 12.1 Å². The fraction of sp³-hybridized carbons (Fsp3) is 0.200. The normalized spacial score (nSPS) is 14.2. The summed E-state index contributed by atoms with van der Waals surface area (Å²) >= 11 is 3.40. The van der Waals surface area contributed by atoms with Crippen molar-refractivity contribution in [1.82, 2.24) is 0 Å². The number of benzene rings is 2. The van der Waals surface area contributed by atoms with Gasteiger partial charge in [0, 0.05) is 10.0 Å². The van der Waals surface area contributed by atoms with Crippen molar-refractivity contribution >= 4 is 15.9 Å². The molecule has 0 heterocycles. The number of rotatable bonds is 3. The Morgan fingerprint density at radius 1 is 1.06 bits per heavy atom. The van der Waals surface area contributed by atoms with Crippen molar-refractivity contribution in [2.45, 2.75) is 18.9 Å². The Bertz CT molecular complexity index is 517. The molecule has 2 aromatic rings. The largest absolute Gasteiger partial charge is 0.321 e. The molecular weight excluding hydrogens is 293 g/mol. The first kappa shape index (κ1) is 13.2. The van der Waals surface area contributed by atoms with Crippen molar-refractivity contribution < 1.29 is 4.39 Å². The van der Waals surface area contributed by atoms with Gasteiger partial charge in [-0.25, -0.2) is 4.39 Å². The lowest BCUT2D eigenvalue weighted by Crippen LogP contribution is -2.35. The third-order valence-electron chi connectivity index (χ3n) is 2.99. The topological polar surface area (TPSA) is 26.0 Å². The van der Waals surface area contributed by atoms with Crippen LogP contribution in [-0.4, -0.2) is 0 Å². The fourth-order valence-electron chi connectivity index (χ4n) is 1.96. The standard InChI is InChI=1S/C15H15BrFN/c1-15(18,12-4-6-13(16)7-5-12)10-11-2-8-14(17)9-3-11/h2-9H,10,18H2,1H3. The van der Waals surface area contributed by atoms with Gasteiger partial charge in [0.15, 0.2) is 0 Å². The van der Waals surface area contributed by atoms with E-state index in [0.717, 1.165) is 15.6 Å². The number of halogens is 2. The second-order valence-electron chi connectivity index (χ2n) is 4.73. The Morgan fingerprint density at radius 2 is 1.61 bits per heavy atom. The Balaban J connectivity index is 2.20. The molecule has 0 aromatic heterocycles. The van der Waals surface area contributed by atoms with Crippen LogP contribution in [0.5, 0.6) is 0 Å². The van der Waals surface area contributed by atoms with Crippen LogP contribution < -0.4 is 5.73 Å². The molecule has 0 saturated heterocycles. The first-order valence-electron chi connectivity index (χ1n) is 5.77. The smallest absolute Gasteiger partial charge is 0.123 e. The maximum Gasteiger partial charge on any atom is 0.123 e. The summed E-state index contributed by atoms with van der Waals surface area (Å²) < 4.78 is 13.9. The fourth-order valence-corrected chi connectivity index (χ4v) is 2.22. The first-order valence-corrected chi connectivity index (χ1v) is 6.56. The van der Waals surface area contributed by atoms with Crippen LogP contribution in [0, 0.1) is 5.82 Å². The molecule has 2 N–H and O–H groups in total. The van der Waals surface area contributed by atoms with Crippen LogP contribution in [0.1, 0.15) is 18.1 Å².